The number of aryl methyl sites for hydroxylation is 1. The van der Waals surface area contributed by atoms with E-state index in [0.29, 0.717) is 11.1 Å². The number of hydrogen-bond acceptors (Lipinski definition) is 2. The van der Waals surface area contributed by atoms with E-state index in [1.54, 1.807) is 25.3 Å². The molecular weight excluding hydrogens is 304 g/mol. The average molecular weight is 319 g/mol. The molecule has 0 saturated carbocycles. The third-order valence-electron chi connectivity index (χ3n) is 3.05. The summed E-state index contributed by atoms with van der Waals surface area (Å²) in [5.74, 6) is 0.738. The fourth-order valence-corrected chi connectivity index (χ4v) is 2.39. The van der Waals surface area contributed by atoms with E-state index in [2.05, 4.69) is 22.9 Å². The van der Waals surface area contributed by atoms with Crippen molar-refractivity contribution in [2.45, 2.75) is 13.3 Å². The third-order valence-corrected chi connectivity index (χ3v) is 3.70. The van der Waals surface area contributed by atoms with Crippen LogP contribution in [0.2, 0.25) is 0 Å². The topological polar surface area (TPSA) is 26.3 Å². The molecular formula is C16H15BrO2. The van der Waals surface area contributed by atoms with Crippen LogP contribution in [0.25, 0.3) is 0 Å². The van der Waals surface area contributed by atoms with Crippen molar-refractivity contribution < 1.29 is 9.53 Å². The van der Waals surface area contributed by atoms with E-state index in [4.69, 9.17) is 4.74 Å². The van der Waals surface area contributed by atoms with Crippen molar-refractivity contribution in [2.24, 2.45) is 0 Å². The van der Waals surface area contributed by atoms with Gasteiger partial charge in [-0.15, -0.1) is 0 Å². The van der Waals surface area contributed by atoms with E-state index in [1.807, 2.05) is 24.3 Å². The summed E-state index contributed by atoms with van der Waals surface area (Å²) in [7, 11) is 1.60. The summed E-state index contributed by atoms with van der Waals surface area (Å²) in [5.41, 5.74) is 2.57. The Bertz CT molecular complexity index is 588. The molecule has 0 aromatic heterocycles. The first-order valence-electron chi connectivity index (χ1n) is 6.13. The van der Waals surface area contributed by atoms with Crippen LogP contribution < -0.4 is 4.74 Å². The highest BCUT2D eigenvalue weighted by Gasteiger charge is 2.13. The number of hydrogen-bond donors (Lipinski definition) is 0. The summed E-state index contributed by atoms with van der Waals surface area (Å²) in [6.45, 7) is 2.09. The number of benzene rings is 2. The van der Waals surface area contributed by atoms with E-state index in [0.717, 1.165) is 16.6 Å². The van der Waals surface area contributed by atoms with Gasteiger partial charge in [-0.05, 0) is 46.1 Å². The van der Waals surface area contributed by atoms with Gasteiger partial charge < -0.3 is 4.74 Å². The van der Waals surface area contributed by atoms with Crippen molar-refractivity contribution in [1.29, 1.82) is 0 Å². The molecule has 0 aliphatic carbocycles. The van der Waals surface area contributed by atoms with Crippen molar-refractivity contribution in [3.05, 3.63) is 63.6 Å². The maximum Gasteiger partial charge on any atom is 0.194 e. The minimum atomic E-state index is 0.0113. The Morgan fingerprint density at radius 1 is 1.16 bits per heavy atom. The molecule has 0 aliphatic heterocycles. The summed E-state index contributed by atoms with van der Waals surface area (Å²) < 4.78 is 5.87. The Morgan fingerprint density at radius 2 is 1.84 bits per heavy atom. The Labute approximate surface area is 121 Å². The number of rotatable bonds is 4. The second-order valence-electron chi connectivity index (χ2n) is 4.23. The summed E-state index contributed by atoms with van der Waals surface area (Å²) in [4.78, 5) is 12.4. The SMILES string of the molecule is CCc1ccc(C(=O)c2ccc(OC)cc2Br)cc1. The van der Waals surface area contributed by atoms with E-state index < -0.39 is 0 Å². The predicted molar refractivity (Wildman–Crippen MR) is 79.9 cm³/mol. The number of halogens is 1. The maximum atomic E-state index is 12.4. The standard InChI is InChI=1S/C16H15BrO2/c1-3-11-4-6-12(7-5-11)16(18)14-9-8-13(19-2)10-15(14)17/h4-10H,3H2,1-2H3. The van der Waals surface area contributed by atoms with Crippen LogP contribution >= 0.6 is 15.9 Å². The van der Waals surface area contributed by atoms with Gasteiger partial charge in [0.15, 0.2) is 5.78 Å². The molecule has 0 unspecified atom stereocenters. The number of carbonyl (C=O) groups is 1. The molecule has 0 heterocycles. The van der Waals surface area contributed by atoms with Crippen LogP contribution in [0.15, 0.2) is 46.9 Å². The fourth-order valence-electron chi connectivity index (χ4n) is 1.85. The van der Waals surface area contributed by atoms with Gasteiger partial charge in [-0.2, -0.15) is 0 Å². The third kappa shape index (κ3) is 3.04. The van der Waals surface area contributed by atoms with Gasteiger partial charge in [-0.25, -0.2) is 0 Å². The van der Waals surface area contributed by atoms with Crippen LogP contribution in [0.1, 0.15) is 28.4 Å². The Hall–Kier alpha value is -1.61. The molecule has 0 atom stereocenters. The molecule has 0 fully saturated rings. The molecule has 0 aliphatic rings. The molecule has 0 N–H and O–H groups in total. The minimum Gasteiger partial charge on any atom is -0.497 e. The summed E-state index contributed by atoms with van der Waals surface area (Å²) in [6, 6.07) is 13.1. The second-order valence-corrected chi connectivity index (χ2v) is 5.08. The number of methoxy groups -OCH3 is 1. The second kappa shape index (κ2) is 6.02. The van der Waals surface area contributed by atoms with E-state index in [1.165, 1.54) is 5.56 Å². The zero-order chi connectivity index (χ0) is 13.8. The normalized spacial score (nSPS) is 10.3. The summed E-state index contributed by atoms with van der Waals surface area (Å²) >= 11 is 3.41. The zero-order valence-electron chi connectivity index (χ0n) is 10.9. The fraction of sp³-hybridized carbons (Fsp3) is 0.188. The van der Waals surface area contributed by atoms with E-state index in [-0.39, 0.29) is 5.78 Å². The van der Waals surface area contributed by atoms with Crippen molar-refractivity contribution in [1.82, 2.24) is 0 Å². The lowest BCUT2D eigenvalue weighted by molar-refractivity contribution is 0.103. The van der Waals surface area contributed by atoms with Gasteiger partial charge in [-0.1, -0.05) is 31.2 Å². The molecule has 98 valence electrons. The predicted octanol–water partition coefficient (Wildman–Crippen LogP) is 4.25. The number of carbonyl (C=O) groups excluding carboxylic acids is 1. The van der Waals surface area contributed by atoms with Crippen LogP contribution in [0.3, 0.4) is 0 Å². The van der Waals surface area contributed by atoms with Crippen molar-refractivity contribution >= 4 is 21.7 Å². The molecule has 19 heavy (non-hydrogen) atoms. The van der Waals surface area contributed by atoms with Crippen molar-refractivity contribution in [2.75, 3.05) is 7.11 Å². The van der Waals surface area contributed by atoms with Crippen LogP contribution in [0.4, 0.5) is 0 Å². The Balaban J connectivity index is 2.32. The maximum absolute atomic E-state index is 12.4. The zero-order valence-corrected chi connectivity index (χ0v) is 12.5. The Kier molecular flexibility index (Phi) is 4.38. The summed E-state index contributed by atoms with van der Waals surface area (Å²) in [6.07, 6.45) is 0.973. The highest BCUT2D eigenvalue weighted by Crippen LogP contribution is 2.25. The minimum absolute atomic E-state index is 0.0113. The first kappa shape index (κ1) is 13.8. The van der Waals surface area contributed by atoms with Crippen molar-refractivity contribution in [3.8, 4) is 5.75 Å². The van der Waals surface area contributed by atoms with Gasteiger partial charge in [0.1, 0.15) is 5.75 Å². The highest BCUT2D eigenvalue weighted by atomic mass is 79.9. The molecule has 2 aromatic carbocycles. The van der Waals surface area contributed by atoms with Crippen LogP contribution in [-0.4, -0.2) is 12.9 Å². The first-order valence-corrected chi connectivity index (χ1v) is 6.92. The lowest BCUT2D eigenvalue weighted by Crippen LogP contribution is -2.02. The van der Waals surface area contributed by atoms with Gasteiger partial charge in [-0.3, -0.25) is 4.79 Å². The van der Waals surface area contributed by atoms with Gasteiger partial charge in [0.25, 0.3) is 0 Å². The van der Waals surface area contributed by atoms with E-state index in [9.17, 15) is 4.79 Å². The Morgan fingerprint density at radius 3 is 2.37 bits per heavy atom. The van der Waals surface area contributed by atoms with Gasteiger partial charge >= 0.3 is 0 Å². The summed E-state index contributed by atoms with van der Waals surface area (Å²) in [5, 5.41) is 0. The van der Waals surface area contributed by atoms with Crippen LogP contribution in [0.5, 0.6) is 5.75 Å². The van der Waals surface area contributed by atoms with Crippen LogP contribution in [0, 0.1) is 0 Å². The largest absolute Gasteiger partial charge is 0.497 e. The molecule has 2 rings (SSSR count). The van der Waals surface area contributed by atoms with Gasteiger partial charge in [0, 0.05) is 15.6 Å². The van der Waals surface area contributed by atoms with Crippen LogP contribution in [-0.2, 0) is 6.42 Å². The molecule has 0 spiro atoms. The number of ketones is 1. The van der Waals surface area contributed by atoms with E-state index >= 15 is 0 Å². The molecule has 0 amide bonds. The molecule has 2 aromatic rings. The monoisotopic (exact) mass is 318 g/mol. The first-order chi connectivity index (χ1) is 9.15. The molecule has 3 heteroatoms. The number of ether oxygens (including phenoxy) is 1. The van der Waals surface area contributed by atoms with Gasteiger partial charge in [0.05, 0.1) is 7.11 Å². The quantitative estimate of drug-likeness (QED) is 0.788. The molecule has 0 saturated heterocycles. The molecule has 0 bridgehead atoms. The lowest BCUT2D eigenvalue weighted by atomic mass is 10.0. The highest BCUT2D eigenvalue weighted by molar-refractivity contribution is 9.10. The smallest absolute Gasteiger partial charge is 0.194 e. The van der Waals surface area contributed by atoms with Crippen molar-refractivity contribution in [3.63, 3.8) is 0 Å². The average Bonchev–Trinajstić information content (AvgIpc) is 2.46. The molecule has 0 radical (unpaired) electrons. The lowest BCUT2D eigenvalue weighted by Gasteiger charge is -2.07. The molecule has 2 nitrogen and oxygen atoms in total. The van der Waals surface area contributed by atoms with Gasteiger partial charge in [0.2, 0.25) is 0 Å².